The van der Waals surface area contributed by atoms with Crippen molar-refractivity contribution in [3.8, 4) is 0 Å². The average Bonchev–Trinajstić information content (AvgIpc) is 2.64. The first-order valence-electron chi connectivity index (χ1n) is 8.69. The number of ketones is 2. The van der Waals surface area contributed by atoms with Gasteiger partial charge in [-0.1, -0.05) is 20.8 Å². The molecule has 2 atom stereocenters. The highest BCUT2D eigenvalue weighted by Crippen LogP contribution is 2.18. The maximum Gasteiger partial charge on any atom is 0.222 e. The Morgan fingerprint density at radius 2 is 1.77 bits per heavy atom. The van der Waals surface area contributed by atoms with Crippen LogP contribution >= 0.6 is 0 Å². The third kappa shape index (κ3) is 7.68. The summed E-state index contributed by atoms with van der Waals surface area (Å²) >= 11 is 0. The van der Waals surface area contributed by atoms with Crippen LogP contribution in [-0.4, -0.2) is 30.8 Å². The van der Waals surface area contributed by atoms with Crippen molar-refractivity contribution in [2.24, 2.45) is 11.8 Å². The molecular weight excluding hydrogens is 337 g/mol. The van der Waals surface area contributed by atoms with Gasteiger partial charge < -0.3 is 10.1 Å². The lowest BCUT2D eigenvalue weighted by atomic mass is 9.92. The van der Waals surface area contributed by atoms with Gasteiger partial charge in [0, 0.05) is 36.4 Å². The van der Waals surface area contributed by atoms with Crippen LogP contribution in [0.5, 0.6) is 0 Å². The lowest BCUT2D eigenvalue weighted by Gasteiger charge is -2.10. The number of carbonyl (C=O) groups is 4. The number of nitrogens with one attached hydrogen (secondary N) is 1. The molecule has 0 saturated carbocycles. The Bertz CT molecular complexity index is 643. The van der Waals surface area contributed by atoms with E-state index in [9.17, 15) is 23.6 Å². The third-order valence-electron chi connectivity index (χ3n) is 4.10. The van der Waals surface area contributed by atoms with Gasteiger partial charge in [0.05, 0.1) is 0 Å². The number of aldehydes is 1. The van der Waals surface area contributed by atoms with Gasteiger partial charge in [-0.15, -0.1) is 0 Å². The van der Waals surface area contributed by atoms with Crippen LogP contribution < -0.4 is 5.32 Å². The molecule has 0 radical (unpaired) electrons. The molecule has 0 saturated heterocycles. The molecule has 144 valence electrons. The van der Waals surface area contributed by atoms with E-state index in [0.29, 0.717) is 24.8 Å². The summed E-state index contributed by atoms with van der Waals surface area (Å²) in [5.74, 6) is -1.12. The van der Waals surface area contributed by atoms with Crippen molar-refractivity contribution in [3.63, 3.8) is 0 Å². The quantitative estimate of drug-likeness (QED) is 0.564. The highest BCUT2D eigenvalue weighted by atomic mass is 19.1. The van der Waals surface area contributed by atoms with Gasteiger partial charge in [-0.3, -0.25) is 14.4 Å². The van der Waals surface area contributed by atoms with Crippen LogP contribution in [0.4, 0.5) is 4.39 Å². The molecule has 6 heteroatoms. The van der Waals surface area contributed by atoms with Crippen molar-refractivity contribution in [2.45, 2.75) is 47.0 Å². The van der Waals surface area contributed by atoms with E-state index in [1.165, 1.54) is 19.1 Å². The number of Topliss-reactive ketones (excluding diaryl/α,β-unsaturated/α-hetero) is 2. The molecule has 0 aromatic heterocycles. The fraction of sp³-hybridized carbons (Fsp3) is 0.500. The molecule has 1 amide bonds. The van der Waals surface area contributed by atoms with Gasteiger partial charge in [-0.05, 0) is 38.0 Å². The van der Waals surface area contributed by atoms with Gasteiger partial charge in [0.25, 0.3) is 0 Å². The molecule has 1 rings (SSSR count). The molecule has 1 aromatic rings. The summed E-state index contributed by atoms with van der Waals surface area (Å²) in [6, 6.07) is 3.71. The van der Waals surface area contributed by atoms with Crippen LogP contribution in [-0.2, 0) is 9.59 Å². The lowest BCUT2D eigenvalue weighted by Crippen LogP contribution is -2.25. The summed E-state index contributed by atoms with van der Waals surface area (Å²) in [5, 5.41) is 2.52. The normalized spacial score (nSPS) is 12.2. The summed E-state index contributed by atoms with van der Waals surface area (Å²) in [5.41, 5.74) is 0.494. The molecule has 0 aliphatic carbocycles. The van der Waals surface area contributed by atoms with Crippen molar-refractivity contribution < 1.29 is 23.6 Å². The minimum absolute atomic E-state index is 0.00171. The number of hydrogen-bond donors (Lipinski definition) is 1. The molecule has 0 spiro atoms. The molecule has 2 unspecified atom stereocenters. The molecule has 0 aliphatic rings. The molecular formula is C20H28FNO4. The minimum atomic E-state index is -0.489. The number of carbonyl (C=O) groups excluding carboxylic acids is 4. The van der Waals surface area contributed by atoms with E-state index in [4.69, 9.17) is 0 Å². The van der Waals surface area contributed by atoms with Crippen molar-refractivity contribution >= 4 is 23.8 Å². The molecule has 1 aromatic carbocycles. The molecule has 0 bridgehead atoms. The van der Waals surface area contributed by atoms with E-state index in [0.717, 1.165) is 12.4 Å². The van der Waals surface area contributed by atoms with E-state index in [1.54, 1.807) is 14.0 Å². The topological polar surface area (TPSA) is 80.3 Å². The molecule has 0 fully saturated rings. The first-order valence-corrected chi connectivity index (χ1v) is 8.69. The molecule has 0 aliphatic heterocycles. The van der Waals surface area contributed by atoms with E-state index >= 15 is 0 Å². The smallest absolute Gasteiger partial charge is 0.222 e. The van der Waals surface area contributed by atoms with Crippen molar-refractivity contribution in [1.82, 2.24) is 5.32 Å². The van der Waals surface area contributed by atoms with Crippen LogP contribution in [0.1, 0.15) is 67.7 Å². The Hall–Kier alpha value is -2.37. The van der Waals surface area contributed by atoms with Gasteiger partial charge in [0.2, 0.25) is 5.91 Å². The molecule has 5 nitrogen and oxygen atoms in total. The van der Waals surface area contributed by atoms with Crippen LogP contribution in [0.3, 0.4) is 0 Å². The Morgan fingerprint density at radius 3 is 2.23 bits per heavy atom. The van der Waals surface area contributed by atoms with Gasteiger partial charge in [-0.2, -0.15) is 0 Å². The summed E-state index contributed by atoms with van der Waals surface area (Å²) in [6.45, 7) is 6.84. The second-order valence-corrected chi connectivity index (χ2v) is 6.18. The second kappa shape index (κ2) is 12.1. The monoisotopic (exact) mass is 365 g/mol. The maximum atomic E-state index is 13.1. The molecule has 1 N–H and O–H groups in total. The number of amides is 1. The van der Waals surface area contributed by atoms with Gasteiger partial charge in [-0.25, -0.2) is 4.39 Å². The van der Waals surface area contributed by atoms with Gasteiger partial charge in [0.1, 0.15) is 12.1 Å². The van der Waals surface area contributed by atoms with Crippen LogP contribution in [0.25, 0.3) is 0 Å². The van der Waals surface area contributed by atoms with Crippen molar-refractivity contribution in [3.05, 3.63) is 35.1 Å². The van der Waals surface area contributed by atoms with Crippen molar-refractivity contribution in [1.29, 1.82) is 0 Å². The SMILES string of the molecule is CCC(C)C(=O)c1cc(F)ccc1C(C)=O.CNC(=O)C(C)CCC=O. The zero-order valence-electron chi connectivity index (χ0n) is 16.1. The first-order chi connectivity index (χ1) is 12.2. The van der Waals surface area contributed by atoms with Crippen LogP contribution in [0.15, 0.2) is 18.2 Å². The highest BCUT2D eigenvalue weighted by Gasteiger charge is 2.19. The van der Waals surface area contributed by atoms with E-state index in [1.807, 2.05) is 13.8 Å². The summed E-state index contributed by atoms with van der Waals surface area (Å²) < 4.78 is 13.1. The highest BCUT2D eigenvalue weighted by molar-refractivity contribution is 6.08. The Labute approximate surface area is 154 Å². The maximum absolute atomic E-state index is 13.1. The molecule has 26 heavy (non-hydrogen) atoms. The first kappa shape index (κ1) is 23.6. The molecule has 0 heterocycles. The average molecular weight is 365 g/mol. The largest absolute Gasteiger partial charge is 0.359 e. The number of hydrogen-bond acceptors (Lipinski definition) is 4. The zero-order valence-corrected chi connectivity index (χ0v) is 16.1. The summed E-state index contributed by atoms with van der Waals surface area (Å²) in [6.07, 6.45) is 2.61. The second-order valence-electron chi connectivity index (χ2n) is 6.18. The third-order valence-corrected chi connectivity index (χ3v) is 4.10. The van der Waals surface area contributed by atoms with Crippen LogP contribution in [0.2, 0.25) is 0 Å². The fourth-order valence-corrected chi connectivity index (χ4v) is 2.17. The number of halogens is 1. The Balaban J connectivity index is 0.000000541. The standard InChI is InChI=1S/C13H15FO2.C7H13NO2/c1-4-8(2)13(16)12-7-10(14)5-6-11(12)9(3)15;1-6(4-3-5-9)7(10)8-2/h5-8H,4H2,1-3H3;5-6H,3-4H2,1-2H3,(H,8,10). The Morgan fingerprint density at radius 1 is 1.15 bits per heavy atom. The van der Waals surface area contributed by atoms with Crippen molar-refractivity contribution in [2.75, 3.05) is 7.05 Å². The minimum Gasteiger partial charge on any atom is -0.359 e. The number of benzene rings is 1. The lowest BCUT2D eigenvalue weighted by molar-refractivity contribution is -0.124. The summed E-state index contributed by atoms with van der Waals surface area (Å²) in [7, 11) is 1.60. The van der Waals surface area contributed by atoms with Gasteiger partial charge >= 0.3 is 0 Å². The van der Waals surface area contributed by atoms with Crippen LogP contribution in [0, 0.1) is 17.7 Å². The number of rotatable bonds is 8. The van der Waals surface area contributed by atoms with E-state index < -0.39 is 5.82 Å². The predicted molar refractivity (Wildman–Crippen MR) is 98.7 cm³/mol. The zero-order chi connectivity index (χ0) is 20.3. The van der Waals surface area contributed by atoms with E-state index in [-0.39, 0.29) is 34.9 Å². The Kier molecular flexibility index (Phi) is 11.0. The van der Waals surface area contributed by atoms with E-state index in [2.05, 4.69) is 5.32 Å². The van der Waals surface area contributed by atoms with Gasteiger partial charge in [0.15, 0.2) is 11.6 Å². The summed E-state index contributed by atoms with van der Waals surface area (Å²) in [4.78, 5) is 43.9. The fourth-order valence-electron chi connectivity index (χ4n) is 2.17. The predicted octanol–water partition coefficient (Wildman–Crippen LogP) is 3.60.